The van der Waals surface area contributed by atoms with Crippen LogP contribution in [0.4, 0.5) is 4.79 Å². The van der Waals surface area contributed by atoms with Gasteiger partial charge >= 0.3 is 6.03 Å². The highest BCUT2D eigenvalue weighted by Gasteiger charge is 2.35. The molecule has 2 aromatic rings. The molecule has 0 spiro atoms. The molecule has 0 radical (unpaired) electrons. The molecule has 1 aromatic heterocycles. The third kappa shape index (κ3) is 6.06. The summed E-state index contributed by atoms with van der Waals surface area (Å²) in [4.78, 5) is 45.0. The average molecular weight is 463 g/mol. The van der Waals surface area contributed by atoms with E-state index in [0.29, 0.717) is 25.8 Å². The minimum absolute atomic E-state index is 0.0385. The number of aryl methyl sites for hydroxylation is 1. The van der Waals surface area contributed by atoms with Gasteiger partial charge in [-0.15, -0.1) is 0 Å². The Morgan fingerprint density at radius 2 is 1.94 bits per heavy atom. The first-order valence-corrected chi connectivity index (χ1v) is 11.7. The number of likely N-dealkylation sites (tertiary alicyclic amines) is 1. The van der Waals surface area contributed by atoms with E-state index in [0.717, 1.165) is 11.3 Å². The number of rotatable bonds is 8. The Balaban J connectivity index is 1.49. The van der Waals surface area contributed by atoms with Gasteiger partial charge in [0, 0.05) is 31.4 Å². The van der Waals surface area contributed by atoms with Crippen LogP contribution in [-0.2, 0) is 26.0 Å². The number of nitrogens with one attached hydrogen (secondary N) is 4. The summed E-state index contributed by atoms with van der Waals surface area (Å²) in [5.74, 6) is -0.872. The number of imidazole rings is 1. The number of hydrogen-bond acceptors (Lipinski definition) is 6. The molecule has 4 amide bonds. The van der Waals surface area contributed by atoms with Gasteiger partial charge in [-0.3, -0.25) is 9.59 Å². The number of nitrogens with zero attached hydrogens (tertiary/aromatic N) is 2. The lowest BCUT2D eigenvalue weighted by molar-refractivity contribution is -0.128. The molecule has 2 heterocycles. The molecular weight excluding hydrogens is 436 g/mol. The zero-order valence-corrected chi connectivity index (χ0v) is 18.4. The number of urea groups is 1. The van der Waals surface area contributed by atoms with Crippen LogP contribution in [0.5, 0.6) is 0 Å². The minimum Gasteiger partial charge on any atom is -0.354 e. The molecule has 0 aliphatic carbocycles. The molecule has 0 unspecified atom stereocenters. The molecule has 11 nitrogen and oxygen atoms in total. The van der Waals surface area contributed by atoms with Crippen molar-refractivity contribution in [3.63, 3.8) is 0 Å². The second-order valence-electron chi connectivity index (χ2n) is 7.47. The minimum atomic E-state index is -4.06. The van der Waals surface area contributed by atoms with Crippen molar-refractivity contribution in [2.75, 3.05) is 19.6 Å². The van der Waals surface area contributed by atoms with Gasteiger partial charge in [-0.25, -0.2) is 22.9 Å². The molecule has 3 rings (SSSR count). The van der Waals surface area contributed by atoms with Crippen LogP contribution in [0.1, 0.15) is 24.1 Å². The topological polar surface area (TPSA) is 153 Å². The smallest absolute Gasteiger partial charge is 0.331 e. The normalized spacial score (nSPS) is 15.9. The third-order valence-corrected chi connectivity index (χ3v) is 6.40. The number of aromatic amines is 1. The second kappa shape index (κ2) is 10.3. The molecule has 32 heavy (non-hydrogen) atoms. The molecule has 0 bridgehead atoms. The molecule has 4 N–H and O–H groups in total. The fourth-order valence-electron chi connectivity index (χ4n) is 3.34. The standard InChI is InChI=1S/C20H26N6O5S/c1-14-4-6-16(7-5-14)32(30,31)25-20(29)26-10-2-3-17(26)19(28)23-12-18(27)22-9-8-15-11-21-13-24-15/h4-7,11,13,17H,2-3,8-10,12H2,1H3,(H,21,24)(H,22,27)(H,23,28)(H,25,29)/t17-/m0/s1. The number of hydrogen-bond donors (Lipinski definition) is 4. The monoisotopic (exact) mass is 462 g/mol. The summed E-state index contributed by atoms with van der Waals surface area (Å²) in [6, 6.07) is 4.36. The van der Waals surface area contributed by atoms with E-state index >= 15 is 0 Å². The fourth-order valence-corrected chi connectivity index (χ4v) is 4.30. The van der Waals surface area contributed by atoms with Crippen molar-refractivity contribution in [1.82, 2.24) is 30.2 Å². The molecular formula is C20H26N6O5S. The summed E-state index contributed by atoms with van der Waals surface area (Å²) in [6.45, 7) is 2.20. The number of aromatic nitrogens is 2. The zero-order valence-electron chi connectivity index (χ0n) is 17.6. The molecule has 12 heteroatoms. The first-order chi connectivity index (χ1) is 15.3. The quantitative estimate of drug-likeness (QED) is 0.435. The van der Waals surface area contributed by atoms with E-state index < -0.39 is 28.0 Å². The van der Waals surface area contributed by atoms with Crippen molar-refractivity contribution in [2.45, 2.75) is 37.1 Å². The number of benzene rings is 1. The van der Waals surface area contributed by atoms with Crippen LogP contribution in [0, 0.1) is 6.92 Å². The molecule has 0 saturated carbocycles. The maximum Gasteiger partial charge on any atom is 0.331 e. The summed E-state index contributed by atoms with van der Waals surface area (Å²) >= 11 is 0. The lowest BCUT2D eigenvalue weighted by Gasteiger charge is -2.24. The highest BCUT2D eigenvalue weighted by Crippen LogP contribution is 2.18. The largest absolute Gasteiger partial charge is 0.354 e. The van der Waals surface area contributed by atoms with Gasteiger partial charge in [-0.1, -0.05) is 17.7 Å². The van der Waals surface area contributed by atoms with Crippen molar-refractivity contribution in [3.05, 3.63) is 48.0 Å². The summed E-state index contributed by atoms with van der Waals surface area (Å²) in [5, 5.41) is 5.19. The van der Waals surface area contributed by atoms with Crippen molar-refractivity contribution in [1.29, 1.82) is 0 Å². The molecule has 1 aromatic carbocycles. The maximum atomic E-state index is 12.6. The van der Waals surface area contributed by atoms with Gasteiger partial charge < -0.3 is 20.5 Å². The van der Waals surface area contributed by atoms with E-state index in [-0.39, 0.29) is 23.9 Å². The van der Waals surface area contributed by atoms with E-state index in [1.807, 2.05) is 11.6 Å². The molecule has 1 fully saturated rings. The predicted molar refractivity (Wildman–Crippen MR) is 115 cm³/mol. The van der Waals surface area contributed by atoms with Gasteiger partial charge in [0.05, 0.1) is 17.8 Å². The highest BCUT2D eigenvalue weighted by atomic mass is 32.2. The Kier molecular flexibility index (Phi) is 7.46. The van der Waals surface area contributed by atoms with Gasteiger partial charge in [0.15, 0.2) is 0 Å². The van der Waals surface area contributed by atoms with Crippen molar-refractivity contribution >= 4 is 27.9 Å². The second-order valence-corrected chi connectivity index (χ2v) is 9.15. The lowest BCUT2D eigenvalue weighted by atomic mass is 10.2. The van der Waals surface area contributed by atoms with E-state index in [2.05, 4.69) is 20.6 Å². The number of carbonyl (C=O) groups excluding carboxylic acids is 3. The fraction of sp³-hybridized carbons (Fsp3) is 0.400. The van der Waals surface area contributed by atoms with Gasteiger partial charge in [-0.2, -0.15) is 0 Å². The Labute approximate surface area is 186 Å². The highest BCUT2D eigenvalue weighted by molar-refractivity contribution is 7.90. The van der Waals surface area contributed by atoms with Crippen LogP contribution in [0.25, 0.3) is 0 Å². The number of H-pyrrole nitrogens is 1. The first kappa shape index (κ1) is 23.3. The van der Waals surface area contributed by atoms with Crippen molar-refractivity contribution < 1.29 is 22.8 Å². The van der Waals surface area contributed by atoms with E-state index in [1.54, 1.807) is 24.7 Å². The molecule has 1 aliphatic rings. The number of sulfonamides is 1. The summed E-state index contributed by atoms with van der Waals surface area (Å²) in [7, 11) is -4.06. The summed E-state index contributed by atoms with van der Waals surface area (Å²) in [6.07, 6.45) is 4.71. The van der Waals surface area contributed by atoms with Crippen molar-refractivity contribution in [3.8, 4) is 0 Å². The average Bonchev–Trinajstić information content (AvgIpc) is 3.44. The lowest BCUT2D eigenvalue weighted by Crippen LogP contribution is -2.51. The molecule has 1 atom stereocenters. The molecule has 1 saturated heterocycles. The number of amides is 4. The number of carbonyl (C=O) groups is 3. The predicted octanol–water partition coefficient (Wildman–Crippen LogP) is 0.0559. The van der Waals surface area contributed by atoms with Crippen LogP contribution in [0.3, 0.4) is 0 Å². The Hall–Kier alpha value is -3.41. The van der Waals surface area contributed by atoms with Gasteiger partial charge in [0.2, 0.25) is 11.8 Å². The zero-order chi connectivity index (χ0) is 23.1. The molecule has 172 valence electrons. The maximum absolute atomic E-state index is 12.6. The van der Waals surface area contributed by atoms with Crippen LogP contribution >= 0.6 is 0 Å². The Morgan fingerprint density at radius 1 is 1.19 bits per heavy atom. The molecule has 1 aliphatic heterocycles. The first-order valence-electron chi connectivity index (χ1n) is 10.2. The van der Waals surface area contributed by atoms with Gasteiger partial charge in [0.25, 0.3) is 10.0 Å². The SMILES string of the molecule is Cc1ccc(S(=O)(=O)NC(=O)N2CCC[C@H]2C(=O)NCC(=O)NCCc2cnc[nH]2)cc1. The summed E-state index contributed by atoms with van der Waals surface area (Å²) < 4.78 is 27.0. The Morgan fingerprint density at radius 3 is 2.62 bits per heavy atom. The van der Waals surface area contributed by atoms with Crippen LogP contribution in [0.15, 0.2) is 41.7 Å². The van der Waals surface area contributed by atoms with Crippen LogP contribution < -0.4 is 15.4 Å². The van der Waals surface area contributed by atoms with E-state index in [1.165, 1.54) is 17.0 Å². The summed E-state index contributed by atoms with van der Waals surface area (Å²) in [5.41, 5.74) is 1.76. The Bertz CT molecular complexity index is 1050. The van der Waals surface area contributed by atoms with E-state index in [4.69, 9.17) is 0 Å². The van der Waals surface area contributed by atoms with Gasteiger partial charge in [0.1, 0.15) is 6.04 Å². The van der Waals surface area contributed by atoms with E-state index in [9.17, 15) is 22.8 Å². The van der Waals surface area contributed by atoms with Crippen LogP contribution in [0.2, 0.25) is 0 Å². The third-order valence-electron chi connectivity index (χ3n) is 5.06. The van der Waals surface area contributed by atoms with Gasteiger partial charge in [-0.05, 0) is 31.9 Å². The van der Waals surface area contributed by atoms with Crippen molar-refractivity contribution in [2.24, 2.45) is 0 Å². The van der Waals surface area contributed by atoms with Crippen LogP contribution in [-0.4, -0.2) is 66.8 Å².